The van der Waals surface area contributed by atoms with E-state index in [1.807, 2.05) is 38.1 Å². The van der Waals surface area contributed by atoms with Gasteiger partial charge in [-0.05, 0) is 38.1 Å². The highest BCUT2D eigenvalue weighted by Gasteiger charge is 2.22. The molecule has 0 bridgehead atoms. The number of hydrogen-bond acceptors (Lipinski definition) is 7. The first-order chi connectivity index (χ1) is 14.8. The summed E-state index contributed by atoms with van der Waals surface area (Å²) in [7, 11) is 1.38. The second kappa shape index (κ2) is 11.1. The molecule has 1 aliphatic rings. The molecule has 1 aliphatic heterocycles. The van der Waals surface area contributed by atoms with Crippen LogP contribution < -0.4 is 21.7 Å². The molecule has 1 aromatic rings. The number of ether oxygens (including phenoxy) is 2. The number of carbonyl (C=O) groups excluding carboxylic acids is 1. The van der Waals surface area contributed by atoms with E-state index in [0.29, 0.717) is 48.9 Å². The number of nitrogens with zero attached hydrogens (tertiary/aromatic N) is 3. The molecule has 9 heteroatoms. The minimum absolute atomic E-state index is 0.0262. The fraction of sp³-hybridized carbons (Fsp3) is 0.364. The summed E-state index contributed by atoms with van der Waals surface area (Å²) < 4.78 is 10.6. The maximum atomic E-state index is 11.7. The van der Waals surface area contributed by atoms with Crippen molar-refractivity contribution >= 4 is 23.7 Å². The predicted molar refractivity (Wildman–Crippen MR) is 125 cm³/mol. The summed E-state index contributed by atoms with van der Waals surface area (Å²) in [6.45, 7) is 14.6. The van der Waals surface area contributed by atoms with Crippen molar-refractivity contribution in [2.24, 2.45) is 16.6 Å². The molecule has 1 saturated heterocycles. The highest BCUT2D eigenvalue weighted by atomic mass is 16.5. The SMILES string of the molecule is C=C(C(=C/C(=C)N1CCN(C(=O)OC)CC1)/N=C\N)c1cc(OC(C)C)ccc1NN. The Morgan fingerprint density at radius 1 is 1.23 bits per heavy atom. The number of methoxy groups -OCH3 is 1. The van der Waals surface area contributed by atoms with Gasteiger partial charge in [-0.15, -0.1) is 0 Å². The van der Waals surface area contributed by atoms with Gasteiger partial charge in [0.2, 0.25) is 0 Å². The van der Waals surface area contributed by atoms with E-state index in [0.717, 1.165) is 11.3 Å². The number of piperazine rings is 1. The zero-order valence-corrected chi connectivity index (χ0v) is 18.4. The molecule has 0 saturated carbocycles. The van der Waals surface area contributed by atoms with Gasteiger partial charge in [0.15, 0.2) is 0 Å². The highest BCUT2D eigenvalue weighted by molar-refractivity contribution is 5.86. The van der Waals surface area contributed by atoms with Crippen LogP contribution in [0, 0.1) is 0 Å². The van der Waals surface area contributed by atoms with Crippen molar-refractivity contribution in [3.05, 3.63) is 54.4 Å². The van der Waals surface area contributed by atoms with Gasteiger partial charge < -0.3 is 30.4 Å². The van der Waals surface area contributed by atoms with Gasteiger partial charge in [0.25, 0.3) is 0 Å². The Morgan fingerprint density at radius 3 is 2.42 bits per heavy atom. The normalized spacial score (nSPS) is 14.7. The van der Waals surface area contributed by atoms with Gasteiger partial charge in [-0.25, -0.2) is 9.79 Å². The molecular weight excluding hydrogens is 396 g/mol. The second-order valence-electron chi connectivity index (χ2n) is 7.24. The van der Waals surface area contributed by atoms with Gasteiger partial charge >= 0.3 is 6.09 Å². The van der Waals surface area contributed by atoms with Crippen molar-refractivity contribution in [3.63, 3.8) is 0 Å². The molecule has 0 atom stereocenters. The monoisotopic (exact) mass is 428 g/mol. The van der Waals surface area contributed by atoms with Crippen LogP contribution in [0.4, 0.5) is 10.5 Å². The quantitative estimate of drug-likeness (QED) is 0.191. The maximum Gasteiger partial charge on any atom is 0.409 e. The number of anilines is 1. The van der Waals surface area contributed by atoms with Crippen LogP contribution in [-0.2, 0) is 4.74 Å². The van der Waals surface area contributed by atoms with E-state index >= 15 is 0 Å². The Labute approximate surface area is 183 Å². The Morgan fingerprint density at radius 2 is 1.87 bits per heavy atom. The van der Waals surface area contributed by atoms with Crippen molar-refractivity contribution < 1.29 is 14.3 Å². The number of carbonyl (C=O) groups is 1. The average Bonchev–Trinajstić information content (AvgIpc) is 2.77. The third-order valence-corrected chi connectivity index (χ3v) is 4.79. The third kappa shape index (κ3) is 6.26. The molecule has 5 N–H and O–H groups in total. The standard InChI is InChI=1S/C22H32N6O3/c1-15(2)31-18-6-7-20(26-24)19(13-18)17(4)21(25-14-23)12-16(3)27-8-10-28(11-9-27)22(29)30-5/h6-7,12-15,26H,3-4,8-11,24H2,1-2,5H3,(H2,23,25)/b21-12-. The van der Waals surface area contributed by atoms with Crippen molar-refractivity contribution in [1.82, 2.24) is 9.80 Å². The minimum Gasteiger partial charge on any atom is -0.491 e. The highest BCUT2D eigenvalue weighted by Crippen LogP contribution is 2.32. The molecule has 0 radical (unpaired) electrons. The van der Waals surface area contributed by atoms with E-state index in [4.69, 9.17) is 21.1 Å². The van der Waals surface area contributed by atoms with Crippen LogP contribution in [-0.4, -0.2) is 61.6 Å². The van der Waals surface area contributed by atoms with Crippen molar-refractivity contribution in [2.75, 3.05) is 38.7 Å². The Kier molecular flexibility index (Phi) is 8.51. The lowest BCUT2D eigenvalue weighted by molar-refractivity contribution is 0.101. The summed E-state index contributed by atoms with van der Waals surface area (Å²) in [5, 5.41) is 0. The fourth-order valence-electron chi connectivity index (χ4n) is 3.22. The average molecular weight is 429 g/mol. The molecule has 0 aliphatic carbocycles. The summed E-state index contributed by atoms with van der Waals surface area (Å²) in [6, 6.07) is 5.51. The van der Waals surface area contributed by atoms with Crippen molar-refractivity contribution in [1.29, 1.82) is 0 Å². The fourth-order valence-corrected chi connectivity index (χ4v) is 3.22. The molecule has 0 spiro atoms. The zero-order valence-electron chi connectivity index (χ0n) is 18.4. The first kappa shape index (κ1) is 23.8. The van der Waals surface area contributed by atoms with E-state index in [1.54, 1.807) is 4.90 Å². The maximum absolute atomic E-state index is 11.7. The number of nitrogens with two attached hydrogens (primary N) is 2. The summed E-state index contributed by atoms with van der Waals surface area (Å²) in [4.78, 5) is 19.7. The summed E-state index contributed by atoms with van der Waals surface area (Å²) in [5.41, 5.74) is 11.6. The molecule has 0 aromatic heterocycles. The van der Waals surface area contributed by atoms with Gasteiger partial charge in [0.1, 0.15) is 5.75 Å². The number of rotatable bonds is 8. The Hall–Kier alpha value is -3.46. The largest absolute Gasteiger partial charge is 0.491 e. The lowest BCUT2D eigenvalue weighted by atomic mass is 10.0. The van der Waals surface area contributed by atoms with Crippen LogP contribution in [0.25, 0.3) is 5.57 Å². The Balaban J connectivity index is 2.25. The topological polar surface area (TPSA) is 118 Å². The van der Waals surface area contributed by atoms with Crippen molar-refractivity contribution in [2.45, 2.75) is 20.0 Å². The molecule has 1 amide bonds. The van der Waals surface area contributed by atoms with E-state index < -0.39 is 0 Å². The minimum atomic E-state index is -0.326. The summed E-state index contributed by atoms with van der Waals surface area (Å²) in [5.74, 6) is 6.39. The lowest BCUT2D eigenvalue weighted by Gasteiger charge is -2.35. The molecule has 2 rings (SSSR count). The van der Waals surface area contributed by atoms with Crippen molar-refractivity contribution in [3.8, 4) is 5.75 Å². The van der Waals surface area contributed by atoms with Crippen LogP contribution in [0.1, 0.15) is 19.4 Å². The number of allylic oxidation sites excluding steroid dienone is 2. The Bertz CT molecular complexity index is 870. The molecule has 1 aromatic carbocycles. The number of nitrogens with one attached hydrogen (secondary N) is 1. The smallest absolute Gasteiger partial charge is 0.409 e. The van der Waals surface area contributed by atoms with Gasteiger partial charge in [-0.3, -0.25) is 5.84 Å². The van der Waals surface area contributed by atoms with Gasteiger partial charge in [0, 0.05) is 43.0 Å². The van der Waals surface area contributed by atoms with Gasteiger partial charge in [-0.2, -0.15) is 0 Å². The van der Waals surface area contributed by atoms with Crippen LogP contribution >= 0.6 is 0 Å². The van der Waals surface area contributed by atoms with Crippen LogP contribution in [0.15, 0.2) is 53.8 Å². The number of nitrogen functional groups attached to an aromatic ring is 1. The molecule has 0 unspecified atom stereocenters. The summed E-state index contributed by atoms with van der Waals surface area (Å²) in [6.07, 6.45) is 2.73. The molecule has 1 fully saturated rings. The van der Waals surface area contributed by atoms with E-state index in [9.17, 15) is 4.79 Å². The first-order valence-electron chi connectivity index (χ1n) is 10.00. The molecule has 31 heavy (non-hydrogen) atoms. The molecule has 1 heterocycles. The third-order valence-electron chi connectivity index (χ3n) is 4.79. The number of hydrazine groups is 1. The van der Waals surface area contributed by atoms with Crippen LogP contribution in [0.2, 0.25) is 0 Å². The first-order valence-corrected chi connectivity index (χ1v) is 10.00. The molecule has 168 valence electrons. The van der Waals surface area contributed by atoms with Gasteiger partial charge in [0.05, 0.1) is 30.9 Å². The zero-order chi connectivity index (χ0) is 23.0. The van der Waals surface area contributed by atoms with E-state index in [1.165, 1.54) is 13.4 Å². The second-order valence-corrected chi connectivity index (χ2v) is 7.24. The number of benzene rings is 1. The number of aliphatic imine (C=N–C) groups is 1. The summed E-state index contributed by atoms with van der Waals surface area (Å²) >= 11 is 0. The lowest BCUT2D eigenvalue weighted by Crippen LogP contribution is -2.47. The van der Waals surface area contributed by atoms with E-state index in [-0.39, 0.29) is 12.2 Å². The van der Waals surface area contributed by atoms with E-state index in [2.05, 4.69) is 28.5 Å². The number of amides is 1. The molecule has 9 nitrogen and oxygen atoms in total. The number of hydrogen-bond donors (Lipinski definition) is 3. The van der Waals surface area contributed by atoms with Crippen LogP contribution in [0.3, 0.4) is 0 Å². The van der Waals surface area contributed by atoms with Gasteiger partial charge in [-0.1, -0.05) is 13.2 Å². The molecular formula is C22H32N6O3. The predicted octanol–water partition coefficient (Wildman–Crippen LogP) is 2.54. The van der Waals surface area contributed by atoms with Crippen LogP contribution in [0.5, 0.6) is 5.75 Å².